The van der Waals surface area contributed by atoms with Crippen LogP contribution in [-0.2, 0) is 0 Å². The van der Waals surface area contributed by atoms with Crippen molar-refractivity contribution in [2.45, 2.75) is 25.9 Å². The number of nitrogens with one attached hydrogen (secondary N) is 1. The van der Waals surface area contributed by atoms with E-state index in [1.165, 1.54) is 0 Å². The molecule has 6 heteroatoms. The van der Waals surface area contributed by atoms with Crippen LogP contribution >= 0.6 is 0 Å². The van der Waals surface area contributed by atoms with E-state index in [0.29, 0.717) is 24.8 Å². The van der Waals surface area contributed by atoms with E-state index in [4.69, 9.17) is 4.74 Å². The van der Waals surface area contributed by atoms with Gasteiger partial charge < -0.3 is 15.0 Å². The average molecular weight is 276 g/mol. The van der Waals surface area contributed by atoms with Gasteiger partial charge in [-0.1, -0.05) is 6.08 Å². The molecule has 1 atom stereocenters. The molecule has 0 aliphatic carbocycles. The van der Waals surface area contributed by atoms with Crippen LogP contribution in [0.3, 0.4) is 0 Å². The first-order chi connectivity index (χ1) is 9.69. The summed E-state index contributed by atoms with van der Waals surface area (Å²) in [4.78, 5) is 21.9. The normalized spacial score (nSPS) is 18.4. The van der Waals surface area contributed by atoms with Gasteiger partial charge in [0.25, 0.3) is 0 Å². The summed E-state index contributed by atoms with van der Waals surface area (Å²) in [6.45, 7) is 7.22. The molecule has 0 spiro atoms. The first-order valence-corrected chi connectivity index (χ1v) is 6.79. The highest BCUT2D eigenvalue weighted by Gasteiger charge is 2.24. The maximum Gasteiger partial charge on any atom is 0.317 e. The number of ether oxygens (including phenoxy) is 1. The highest BCUT2D eigenvalue weighted by atomic mass is 16.5. The highest BCUT2D eigenvalue weighted by Crippen LogP contribution is 2.16. The minimum absolute atomic E-state index is 0.0208. The van der Waals surface area contributed by atoms with E-state index in [1.54, 1.807) is 23.2 Å². The van der Waals surface area contributed by atoms with Crippen LogP contribution in [-0.4, -0.2) is 46.6 Å². The molecule has 6 nitrogen and oxygen atoms in total. The molecule has 0 saturated carbocycles. The molecule has 1 aliphatic heterocycles. The number of piperidine rings is 1. The molecule has 2 rings (SSSR count). The van der Waals surface area contributed by atoms with Gasteiger partial charge in [-0.3, -0.25) is 0 Å². The Balaban J connectivity index is 1.90. The predicted octanol–water partition coefficient (Wildman–Crippen LogP) is 1.52. The molecule has 108 valence electrons. The molecule has 0 aromatic carbocycles. The van der Waals surface area contributed by atoms with E-state index in [1.807, 2.05) is 6.92 Å². The fourth-order valence-electron chi connectivity index (χ4n) is 2.16. The van der Waals surface area contributed by atoms with Gasteiger partial charge in [0.15, 0.2) is 0 Å². The van der Waals surface area contributed by atoms with Crippen molar-refractivity contribution in [3.05, 3.63) is 30.7 Å². The lowest BCUT2D eigenvalue weighted by Crippen LogP contribution is -2.48. The number of aromatic nitrogens is 2. The van der Waals surface area contributed by atoms with Crippen molar-refractivity contribution in [2.24, 2.45) is 0 Å². The van der Waals surface area contributed by atoms with Crippen LogP contribution in [0.4, 0.5) is 4.79 Å². The van der Waals surface area contributed by atoms with Gasteiger partial charge in [-0.2, -0.15) is 4.98 Å². The summed E-state index contributed by atoms with van der Waals surface area (Å²) in [5.74, 6) is 1.25. The molecular weight excluding hydrogens is 256 g/mol. The number of likely N-dealkylation sites (tertiary alicyclic amines) is 1. The maximum atomic E-state index is 11.9. The van der Waals surface area contributed by atoms with Crippen LogP contribution in [0.15, 0.2) is 24.9 Å². The summed E-state index contributed by atoms with van der Waals surface area (Å²) in [5, 5.41) is 2.78. The van der Waals surface area contributed by atoms with Crippen LogP contribution in [0.2, 0.25) is 0 Å². The summed E-state index contributed by atoms with van der Waals surface area (Å²) in [6, 6.07) is 1.67. The van der Waals surface area contributed by atoms with E-state index >= 15 is 0 Å². The summed E-state index contributed by atoms with van der Waals surface area (Å²) < 4.78 is 5.83. The molecule has 20 heavy (non-hydrogen) atoms. The van der Waals surface area contributed by atoms with Gasteiger partial charge in [-0.15, -0.1) is 6.58 Å². The van der Waals surface area contributed by atoms with Crippen LogP contribution in [0, 0.1) is 6.92 Å². The van der Waals surface area contributed by atoms with Gasteiger partial charge >= 0.3 is 6.03 Å². The summed E-state index contributed by atoms with van der Waals surface area (Å²) >= 11 is 0. The molecule has 2 heterocycles. The molecule has 1 N–H and O–H groups in total. The van der Waals surface area contributed by atoms with Gasteiger partial charge in [0, 0.05) is 25.4 Å². The number of rotatable bonds is 4. The number of amides is 2. The molecule has 1 aromatic rings. The van der Waals surface area contributed by atoms with Crippen molar-refractivity contribution in [3.8, 4) is 5.88 Å². The van der Waals surface area contributed by atoms with Crippen molar-refractivity contribution >= 4 is 6.03 Å². The van der Waals surface area contributed by atoms with E-state index in [0.717, 1.165) is 19.4 Å². The minimum Gasteiger partial charge on any atom is -0.472 e. The first-order valence-electron chi connectivity index (χ1n) is 6.79. The molecule has 0 radical (unpaired) electrons. The number of aryl methyl sites for hydroxylation is 1. The predicted molar refractivity (Wildman–Crippen MR) is 75.6 cm³/mol. The SMILES string of the molecule is C=CCNC(=O)N1CCCC(Oc2ccnc(C)n2)C1. The second-order valence-electron chi connectivity index (χ2n) is 4.74. The third kappa shape index (κ3) is 3.94. The Kier molecular flexibility index (Phi) is 4.92. The quantitative estimate of drug-likeness (QED) is 0.847. The molecular formula is C14H20N4O2. The van der Waals surface area contributed by atoms with Crippen molar-refractivity contribution in [1.29, 1.82) is 0 Å². The Hall–Kier alpha value is -2.11. The van der Waals surface area contributed by atoms with Crippen molar-refractivity contribution < 1.29 is 9.53 Å². The van der Waals surface area contributed by atoms with Gasteiger partial charge in [-0.05, 0) is 19.8 Å². The number of hydrogen-bond acceptors (Lipinski definition) is 4. The fraction of sp³-hybridized carbons (Fsp3) is 0.500. The van der Waals surface area contributed by atoms with Crippen LogP contribution in [0.25, 0.3) is 0 Å². The Morgan fingerprint density at radius 2 is 2.55 bits per heavy atom. The summed E-state index contributed by atoms with van der Waals surface area (Å²) in [5.41, 5.74) is 0. The van der Waals surface area contributed by atoms with E-state index in [9.17, 15) is 4.79 Å². The average Bonchev–Trinajstić information content (AvgIpc) is 2.45. The van der Waals surface area contributed by atoms with E-state index < -0.39 is 0 Å². The smallest absolute Gasteiger partial charge is 0.317 e. The second kappa shape index (κ2) is 6.88. The highest BCUT2D eigenvalue weighted by molar-refractivity contribution is 5.74. The zero-order valence-electron chi connectivity index (χ0n) is 11.7. The molecule has 1 aliphatic rings. The molecule has 1 fully saturated rings. The minimum atomic E-state index is -0.0722. The van der Waals surface area contributed by atoms with Crippen LogP contribution in [0.5, 0.6) is 5.88 Å². The zero-order valence-corrected chi connectivity index (χ0v) is 11.7. The molecule has 2 amide bonds. The number of nitrogens with zero attached hydrogens (tertiary/aromatic N) is 3. The maximum absolute atomic E-state index is 11.9. The fourth-order valence-corrected chi connectivity index (χ4v) is 2.16. The number of carbonyl (C=O) groups is 1. The monoisotopic (exact) mass is 276 g/mol. The van der Waals surface area contributed by atoms with Gasteiger partial charge in [0.05, 0.1) is 6.54 Å². The van der Waals surface area contributed by atoms with E-state index in [-0.39, 0.29) is 12.1 Å². The molecule has 1 aromatic heterocycles. The third-order valence-electron chi connectivity index (χ3n) is 3.10. The lowest BCUT2D eigenvalue weighted by atomic mass is 10.1. The van der Waals surface area contributed by atoms with Crippen molar-refractivity contribution in [1.82, 2.24) is 20.2 Å². The molecule has 0 bridgehead atoms. The van der Waals surface area contributed by atoms with Gasteiger partial charge in [0.1, 0.15) is 11.9 Å². The second-order valence-corrected chi connectivity index (χ2v) is 4.74. The molecule has 1 unspecified atom stereocenters. The standard InChI is InChI=1S/C14H20N4O2/c1-3-7-16-14(19)18-9-4-5-12(10-18)20-13-6-8-15-11(2)17-13/h3,6,8,12H,1,4-5,7,9-10H2,2H3,(H,16,19). The summed E-state index contributed by atoms with van der Waals surface area (Å²) in [7, 11) is 0. The van der Waals surface area contributed by atoms with Crippen molar-refractivity contribution in [2.75, 3.05) is 19.6 Å². The Labute approximate surface area is 118 Å². The molecule has 1 saturated heterocycles. The zero-order chi connectivity index (χ0) is 14.4. The third-order valence-corrected chi connectivity index (χ3v) is 3.10. The Bertz CT molecular complexity index is 478. The lowest BCUT2D eigenvalue weighted by molar-refractivity contribution is 0.0979. The largest absolute Gasteiger partial charge is 0.472 e. The Morgan fingerprint density at radius 3 is 3.30 bits per heavy atom. The topological polar surface area (TPSA) is 67.4 Å². The number of carbonyl (C=O) groups excluding carboxylic acids is 1. The number of hydrogen-bond donors (Lipinski definition) is 1. The van der Waals surface area contributed by atoms with Crippen LogP contribution in [0.1, 0.15) is 18.7 Å². The first kappa shape index (κ1) is 14.3. The Morgan fingerprint density at radius 1 is 1.70 bits per heavy atom. The van der Waals surface area contributed by atoms with Gasteiger partial charge in [0.2, 0.25) is 5.88 Å². The lowest BCUT2D eigenvalue weighted by Gasteiger charge is -2.32. The number of urea groups is 1. The van der Waals surface area contributed by atoms with Gasteiger partial charge in [-0.25, -0.2) is 9.78 Å². The van der Waals surface area contributed by atoms with Crippen molar-refractivity contribution in [3.63, 3.8) is 0 Å². The summed E-state index contributed by atoms with van der Waals surface area (Å²) in [6.07, 6.45) is 5.17. The van der Waals surface area contributed by atoms with E-state index in [2.05, 4.69) is 21.9 Å². The van der Waals surface area contributed by atoms with Crippen LogP contribution < -0.4 is 10.1 Å².